The molecule has 4 heterocycles. The van der Waals surface area contributed by atoms with Gasteiger partial charge in [-0.3, -0.25) is 4.79 Å². The number of benzene rings is 1. The first-order valence-electron chi connectivity index (χ1n) is 11.4. The lowest BCUT2D eigenvalue weighted by Gasteiger charge is -2.24. The van der Waals surface area contributed by atoms with E-state index >= 15 is 0 Å². The molecule has 0 N–H and O–H groups in total. The molecule has 0 bridgehead atoms. The van der Waals surface area contributed by atoms with Crippen molar-refractivity contribution in [2.24, 2.45) is 0 Å². The molecule has 1 aliphatic heterocycles. The third-order valence-electron chi connectivity index (χ3n) is 6.29. The summed E-state index contributed by atoms with van der Waals surface area (Å²) in [4.78, 5) is 24.4. The minimum atomic E-state index is -0.237. The number of carbonyl (C=O) groups is 1. The summed E-state index contributed by atoms with van der Waals surface area (Å²) < 4.78 is 14.9. The molecular weight excluding hydrogens is 417 g/mol. The number of carbonyl (C=O) groups excluding carboxylic acids is 1. The lowest BCUT2D eigenvalue weighted by atomic mass is 10.1. The molecule has 0 aliphatic carbocycles. The summed E-state index contributed by atoms with van der Waals surface area (Å²) in [6.45, 7) is 2.72. The number of likely N-dealkylation sites (tertiary alicyclic amines) is 1. The van der Waals surface area contributed by atoms with Gasteiger partial charge in [0.1, 0.15) is 5.82 Å². The largest absolute Gasteiger partial charge is 0.334 e. The van der Waals surface area contributed by atoms with Gasteiger partial charge in [-0.15, -0.1) is 0 Å². The SMILES string of the molecule is Cc1nn(-c2ccccn2)c2nc([C@@H]3CCCN3C(=O)CCCc3ccc(F)cc3)ccc12. The fraction of sp³-hybridized carbons (Fsp3) is 0.308. The van der Waals surface area contributed by atoms with Crippen LogP contribution in [0.15, 0.2) is 60.8 Å². The van der Waals surface area contributed by atoms with Crippen LogP contribution in [-0.2, 0) is 11.2 Å². The van der Waals surface area contributed by atoms with E-state index in [0.717, 1.165) is 66.0 Å². The van der Waals surface area contributed by atoms with Crippen LogP contribution in [0, 0.1) is 12.7 Å². The standard InChI is InChI=1S/C26H26FN5O/c1-18-21-14-15-22(29-26(21)32(30-18)24-8-2-3-16-28-24)23-7-5-17-31(23)25(33)9-4-6-19-10-12-20(27)13-11-19/h2-3,8,10-16,23H,4-7,9,17H2,1H3/t23-/m0/s1. The topological polar surface area (TPSA) is 63.9 Å². The lowest BCUT2D eigenvalue weighted by Crippen LogP contribution is -2.30. The highest BCUT2D eigenvalue weighted by Crippen LogP contribution is 2.33. The first kappa shape index (κ1) is 21.2. The van der Waals surface area contributed by atoms with Crippen LogP contribution in [0.1, 0.15) is 48.7 Å². The van der Waals surface area contributed by atoms with Crippen molar-refractivity contribution in [2.45, 2.75) is 45.1 Å². The number of pyridine rings is 2. The van der Waals surface area contributed by atoms with Crippen molar-refractivity contribution in [3.8, 4) is 5.82 Å². The molecule has 4 aromatic rings. The van der Waals surface area contributed by atoms with Gasteiger partial charge in [-0.25, -0.2) is 14.4 Å². The average Bonchev–Trinajstić information content (AvgIpc) is 3.46. The summed E-state index contributed by atoms with van der Waals surface area (Å²) in [7, 11) is 0. The Morgan fingerprint density at radius 3 is 2.76 bits per heavy atom. The second-order valence-electron chi connectivity index (χ2n) is 8.52. The highest BCUT2D eigenvalue weighted by molar-refractivity contribution is 5.80. The first-order chi connectivity index (χ1) is 16.1. The van der Waals surface area contributed by atoms with Gasteiger partial charge < -0.3 is 4.90 Å². The van der Waals surface area contributed by atoms with Gasteiger partial charge in [0.25, 0.3) is 0 Å². The Morgan fingerprint density at radius 1 is 1.12 bits per heavy atom. The summed E-state index contributed by atoms with van der Waals surface area (Å²) in [6, 6.07) is 16.3. The number of amides is 1. The molecule has 1 amide bonds. The van der Waals surface area contributed by atoms with E-state index in [9.17, 15) is 9.18 Å². The van der Waals surface area contributed by atoms with Crippen molar-refractivity contribution >= 4 is 16.9 Å². The molecule has 1 fully saturated rings. The summed E-state index contributed by atoms with van der Waals surface area (Å²) in [5.74, 6) is 0.634. The second kappa shape index (κ2) is 9.10. The van der Waals surface area contributed by atoms with Gasteiger partial charge >= 0.3 is 0 Å². The van der Waals surface area contributed by atoms with Crippen molar-refractivity contribution in [2.75, 3.05) is 6.54 Å². The molecule has 1 saturated heterocycles. The van der Waals surface area contributed by atoms with Crippen LogP contribution in [-0.4, -0.2) is 37.1 Å². The molecular formula is C26H26FN5O. The number of fused-ring (bicyclic) bond motifs is 1. The number of hydrogen-bond donors (Lipinski definition) is 0. The Balaban J connectivity index is 1.34. The van der Waals surface area contributed by atoms with Gasteiger partial charge in [0.2, 0.25) is 5.91 Å². The van der Waals surface area contributed by atoms with Gasteiger partial charge in [-0.1, -0.05) is 18.2 Å². The smallest absolute Gasteiger partial charge is 0.223 e. The van der Waals surface area contributed by atoms with Crippen LogP contribution in [0.5, 0.6) is 0 Å². The monoisotopic (exact) mass is 443 g/mol. The molecule has 168 valence electrons. The Bertz CT molecular complexity index is 1270. The Hall–Kier alpha value is -3.61. The van der Waals surface area contributed by atoms with Gasteiger partial charge in [0.15, 0.2) is 11.5 Å². The number of nitrogens with zero attached hydrogens (tertiary/aromatic N) is 5. The van der Waals surface area contributed by atoms with Gasteiger partial charge in [0.05, 0.1) is 17.4 Å². The number of aryl methyl sites for hydroxylation is 2. The molecule has 1 aliphatic rings. The van der Waals surface area contributed by atoms with Crippen LogP contribution in [0.3, 0.4) is 0 Å². The highest BCUT2D eigenvalue weighted by atomic mass is 19.1. The fourth-order valence-electron chi connectivity index (χ4n) is 4.59. The maximum atomic E-state index is 13.1. The predicted molar refractivity (Wildman–Crippen MR) is 124 cm³/mol. The van der Waals surface area contributed by atoms with Gasteiger partial charge in [-0.05, 0) is 74.6 Å². The van der Waals surface area contributed by atoms with Crippen LogP contribution in [0.25, 0.3) is 16.9 Å². The third kappa shape index (κ3) is 4.35. The van der Waals surface area contributed by atoms with Gasteiger partial charge in [-0.2, -0.15) is 9.78 Å². The molecule has 5 rings (SSSR count). The van der Waals surface area contributed by atoms with Crippen molar-refractivity contribution < 1.29 is 9.18 Å². The summed E-state index contributed by atoms with van der Waals surface area (Å²) in [5, 5.41) is 5.63. The molecule has 7 heteroatoms. The quantitative estimate of drug-likeness (QED) is 0.423. The number of hydrogen-bond acceptors (Lipinski definition) is 4. The number of aromatic nitrogens is 4. The zero-order valence-electron chi connectivity index (χ0n) is 18.6. The van der Waals surface area contributed by atoms with E-state index in [-0.39, 0.29) is 17.8 Å². The second-order valence-corrected chi connectivity index (χ2v) is 8.52. The zero-order chi connectivity index (χ0) is 22.8. The molecule has 6 nitrogen and oxygen atoms in total. The van der Waals surface area contributed by atoms with Crippen LogP contribution < -0.4 is 0 Å². The number of halogens is 1. The minimum Gasteiger partial charge on any atom is -0.334 e. The summed E-state index contributed by atoms with van der Waals surface area (Å²) in [6.07, 6.45) is 5.58. The minimum absolute atomic E-state index is 0.0277. The third-order valence-corrected chi connectivity index (χ3v) is 6.29. The van der Waals surface area contributed by atoms with E-state index in [1.54, 1.807) is 23.0 Å². The molecule has 0 radical (unpaired) electrons. The van der Waals surface area contributed by atoms with E-state index in [4.69, 9.17) is 4.98 Å². The fourth-order valence-corrected chi connectivity index (χ4v) is 4.59. The first-order valence-corrected chi connectivity index (χ1v) is 11.4. The van der Waals surface area contributed by atoms with Crippen molar-refractivity contribution in [3.63, 3.8) is 0 Å². The van der Waals surface area contributed by atoms with Crippen LogP contribution in [0.4, 0.5) is 4.39 Å². The highest BCUT2D eigenvalue weighted by Gasteiger charge is 2.31. The molecule has 0 saturated carbocycles. The van der Waals surface area contributed by atoms with E-state index in [0.29, 0.717) is 6.42 Å². The zero-order valence-corrected chi connectivity index (χ0v) is 18.6. The Kier molecular flexibility index (Phi) is 5.86. The average molecular weight is 444 g/mol. The lowest BCUT2D eigenvalue weighted by molar-refractivity contribution is -0.132. The molecule has 1 atom stereocenters. The Labute approximate surface area is 192 Å². The molecule has 3 aromatic heterocycles. The maximum Gasteiger partial charge on any atom is 0.223 e. The van der Waals surface area contributed by atoms with Crippen molar-refractivity contribution in [1.82, 2.24) is 24.6 Å². The van der Waals surface area contributed by atoms with E-state index in [2.05, 4.69) is 16.1 Å². The van der Waals surface area contributed by atoms with E-state index in [1.165, 1.54) is 12.1 Å². The van der Waals surface area contributed by atoms with E-state index in [1.807, 2.05) is 36.1 Å². The molecule has 33 heavy (non-hydrogen) atoms. The van der Waals surface area contributed by atoms with E-state index < -0.39 is 0 Å². The molecule has 0 spiro atoms. The predicted octanol–water partition coefficient (Wildman–Crippen LogP) is 4.95. The molecule has 1 aromatic carbocycles. The molecule has 0 unspecified atom stereocenters. The summed E-state index contributed by atoms with van der Waals surface area (Å²) in [5.41, 5.74) is 3.60. The Morgan fingerprint density at radius 2 is 1.97 bits per heavy atom. The van der Waals surface area contributed by atoms with Crippen LogP contribution in [0.2, 0.25) is 0 Å². The number of rotatable bonds is 6. The maximum absolute atomic E-state index is 13.1. The normalized spacial score (nSPS) is 15.9. The van der Waals surface area contributed by atoms with Crippen molar-refractivity contribution in [3.05, 3.63) is 83.6 Å². The van der Waals surface area contributed by atoms with Gasteiger partial charge in [0, 0.05) is 24.5 Å². The van der Waals surface area contributed by atoms with Crippen LogP contribution >= 0.6 is 0 Å². The summed E-state index contributed by atoms with van der Waals surface area (Å²) >= 11 is 0. The van der Waals surface area contributed by atoms with Crippen molar-refractivity contribution in [1.29, 1.82) is 0 Å².